The first-order chi connectivity index (χ1) is 13.6. The lowest BCUT2D eigenvalue weighted by atomic mass is 10.1. The zero-order chi connectivity index (χ0) is 19.7. The number of nitrogens with one attached hydrogen (secondary N) is 1. The molecule has 0 aliphatic rings. The molecule has 3 aromatic carbocycles. The average molecular weight is 391 g/mol. The number of anilines is 1. The monoisotopic (exact) mass is 390 g/mol. The van der Waals surface area contributed by atoms with Crippen LogP contribution in [-0.2, 0) is 23.1 Å². The van der Waals surface area contributed by atoms with Gasteiger partial charge in [0, 0.05) is 62.4 Å². The minimum atomic E-state index is -0.938. The van der Waals surface area contributed by atoms with Gasteiger partial charge in [-0.05, 0) is 48.9 Å². The Morgan fingerprint density at radius 1 is 0.964 bits per heavy atom. The molecular weight excluding hydrogens is 368 g/mol. The highest BCUT2D eigenvalue weighted by Crippen LogP contribution is 2.31. The predicted octanol–water partition coefficient (Wildman–Crippen LogP) is 4.95. The van der Waals surface area contributed by atoms with Gasteiger partial charge in [-0.1, -0.05) is 30.3 Å². The Bertz CT molecular complexity index is 1210. The van der Waals surface area contributed by atoms with E-state index in [9.17, 15) is 9.00 Å². The summed E-state index contributed by atoms with van der Waals surface area (Å²) in [4.78, 5) is 12.7. The smallest absolute Gasteiger partial charge is 0.255 e. The van der Waals surface area contributed by atoms with E-state index >= 15 is 0 Å². The number of benzene rings is 3. The van der Waals surface area contributed by atoms with E-state index in [1.807, 2.05) is 36.4 Å². The second kappa shape index (κ2) is 7.60. The summed E-state index contributed by atoms with van der Waals surface area (Å²) in [5.41, 5.74) is 4.59. The van der Waals surface area contributed by atoms with Crippen molar-refractivity contribution in [2.24, 2.45) is 0 Å². The van der Waals surface area contributed by atoms with Gasteiger partial charge in [0.1, 0.15) is 0 Å². The van der Waals surface area contributed by atoms with Gasteiger partial charge in [0.25, 0.3) is 5.91 Å². The molecule has 0 saturated heterocycles. The maximum absolute atomic E-state index is 12.7. The largest absolute Gasteiger partial charge is 0.341 e. The summed E-state index contributed by atoms with van der Waals surface area (Å²) in [6.45, 7) is 3.03. The van der Waals surface area contributed by atoms with E-state index in [0.717, 1.165) is 28.7 Å². The first-order valence-corrected chi connectivity index (χ1v) is 11.0. The molecule has 1 aromatic heterocycles. The van der Waals surface area contributed by atoms with E-state index in [2.05, 4.69) is 35.0 Å². The predicted molar refractivity (Wildman–Crippen MR) is 117 cm³/mol. The lowest BCUT2D eigenvalue weighted by molar-refractivity contribution is 0.102. The molecule has 4 nitrogen and oxygen atoms in total. The molecule has 0 bridgehead atoms. The molecule has 0 aliphatic carbocycles. The van der Waals surface area contributed by atoms with Crippen LogP contribution < -0.4 is 5.32 Å². The summed E-state index contributed by atoms with van der Waals surface area (Å²) >= 11 is 0. The van der Waals surface area contributed by atoms with E-state index < -0.39 is 10.8 Å². The van der Waals surface area contributed by atoms with E-state index in [1.165, 1.54) is 10.9 Å². The Hall–Kier alpha value is -2.92. The van der Waals surface area contributed by atoms with Crippen LogP contribution in [0.2, 0.25) is 0 Å². The van der Waals surface area contributed by atoms with Crippen molar-refractivity contribution >= 4 is 44.2 Å². The van der Waals surface area contributed by atoms with Gasteiger partial charge < -0.3 is 9.88 Å². The van der Waals surface area contributed by atoms with Crippen LogP contribution in [0.1, 0.15) is 22.8 Å². The Labute approximate surface area is 166 Å². The van der Waals surface area contributed by atoms with Crippen molar-refractivity contribution in [3.05, 3.63) is 77.9 Å². The molecule has 0 radical (unpaired) electrons. The number of hydrogen-bond acceptors (Lipinski definition) is 2. The SMILES string of the molecule is CCn1c2ccccc2c2cc(NC(=O)c3cccc(CS(C)=O)c3)ccc21. The van der Waals surface area contributed by atoms with Crippen LogP contribution in [-0.4, -0.2) is 20.9 Å². The third kappa shape index (κ3) is 3.45. The number of amides is 1. The van der Waals surface area contributed by atoms with Crippen LogP contribution in [0, 0.1) is 0 Å². The fraction of sp³-hybridized carbons (Fsp3) is 0.174. The van der Waals surface area contributed by atoms with Gasteiger partial charge in [0.2, 0.25) is 0 Å². The number of aryl methyl sites for hydroxylation is 1. The van der Waals surface area contributed by atoms with Crippen molar-refractivity contribution in [3.8, 4) is 0 Å². The van der Waals surface area contributed by atoms with Crippen molar-refractivity contribution in [2.45, 2.75) is 19.2 Å². The summed E-state index contributed by atoms with van der Waals surface area (Å²) in [5.74, 6) is 0.283. The Balaban J connectivity index is 1.68. The van der Waals surface area contributed by atoms with Crippen LogP contribution in [0.5, 0.6) is 0 Å². The van der Waals surface area contributed by atoms with Gasteiger partial charge in [-0.15, -0.1) is 0 Å². The number of carbonyl (C=O) groups is 1. The van der Waals surface area contributed by atoms with E-state index in [-0.39, 0.29) is 5.91 Å². The van der Waals surface area contributed by atoms with Crippen LogP contribution in [0.15, 0.2) is 66.7 Å². The molecule has 4 aromatic rings. The molecule has 28 heavy (non-hydrogen) atoms. The van der Waals surface area contributed by atoms with Crippen LogP contribution in [0.3, 0.4) is 0 Å². The molecule has 1 amide bonds. The highest BCUT2D eigenvalue weighted by molar-refractivity contribution is 7.83. The number of hydrogen-bond donors (Lipinski definition) is 1. The molecule has 5 heteroatoms. The molecule has 0 saturated carbocycles. The highest BCUT2D eigenvalue weighted by Gasteiger charge is 2.12. The molecule has 1 atom stereocenters. The number of para-hydroxylation sites is 1. The van der Waals surface area contributed by atoms with Gasteiger partial charge in [0.15, 0.2) is 0 Å². The lowest BCUT2D eigenvalue weighted by Gasteiger charge is -2.08. The Kier molecular flexibility index (Phi) is 5.01. The third-order valence-corrected chi connectivity index (χ3v) is 5.65. The summed E-state index contributed by atoms with van der Waals surface area (Å²) < 4.78 is 13.7. The highest BCUT2D eigenvalue weighted by atomic mass is 32.2. The number of nitrogens with zero attached hydrogens (tertiary/aromatic N) is 1. The number of rotatable bonds is 5. The van der Waals surface area contributed by atoms with Gasteiger partial charge in [-0.2, -0.15) is 0 Å². The van der Waals surface area contributed by atoms with Crippen molar-refractivity contribution in [1.29, 1.82) is 0 Å². The molecule has 1 unspecified atom stereocenters. The van der Waals surface area contributed by atoms with E-state index in [0.29, 0.717) is 11.3 Å². The van der Waals surface area contributed by atoms with Gasteiger partial charge in [-0.25, -0.2) is 0 Å². The molecule has 142 valence electrons. The normalized spacial score (nSPS) is 12.4. The average Bonchev–Trinajstić information content (AvgIpc) is 3.01. The lowest BCUT2D eigenvalue weighted by Crippen LogP contribution is -2.12. The van der Waals surface area contributed by atoms with Gasteiger partial charge in [0.05, 0.1) is 0 Å². The second-order valence-corrected chi connectivity index (χ2v) is 8.30. The summed E-state index contributed by atoms with van der Waals surface area (Å²) in [5, 5.41) is 5.31. The van der Waals surface area contributed by atoms with Crippen LogP contribution >= 0.6 is 0 Å². The molecular formula is C23H22N2O2S. The third-order valence-electron chi connectivity index (χ3n) is 4.91. The molecule has 1 N–H and O–H groups in total. The minimum Gasteiger partial charge on any atom is -0.341 e. The molecule has 0 spiro atoms. The number of fused-ring (bicyclic) bond motifs is 3. The maximum atomic E-state index is 12.7. The van der Waals surface area contributed by atoms with Crippen molar-refractivity contribution in [2.75, 3.05) is 11.6 Å². The Morgan fingerprint density at radius 2 is 1.75 bits per heavy atom. The quantitative estimate of drug-likeness (QED) is 0.524. The van der Waals surface area contributed by atoms with Gasteiger partial charge in [-0.3, -0.25) is 9.00 Å². The molecule has 4 rings (SSSR count). The molecule has 0 aliphatic heterocycles. The zero-order valence-corrected chi connectivity index (χ0v) is 16.8. The minimum absolute atomic E-state index is 0.165. The molecule has 0 fully saturated rings. The Morgan fingerprint density at radius 3 is 2.54 bits per heavy atom. The van der Waals surface area contributed by atoms with Crippen LogP contribution in [0.4, 0.5) is 5.69 Å². The first-order valence-electron chi connectivity index (χ1n) is 9.28. The van der Waals surface area contributed by atoms with Crippen molar-refractivity contribution in [1.82, 2.24) is 4.57 Å². The van der Waals surface area contributed by atoms with E-state index in [4.69, 9.17) is 0 Å². The van der Waals surface area contributed by atoms with Crippen molar-refractivity contribution < 1.29 is 9.00 Å². The maximum Gasteiger partial charge on any atom is 0.255 e. The molecule has 1 heterocycles. The fourth-order valence-corrected chi connectivity index (χ4v) is 4.36. The summed E-state index contributed by atoms with van der Waals surface area (Å²) in [7, 11) is -0.938. The van der Waals surface area contributed by atoms with Crippen molar-refractivity contribution in [3.63, 3.8) is 0 Å². The summed E-state index contributed by atoms with van der Waals surface area (Å²) in [6, 6.07) is 21.7. The zero-order valence-electron chi connectivity index (χ0n) is 15.9. The first kappa shape index (κ1) is 18.4. The van der Waals surface area contributed by atoms with E-state index in [1.54, 1.807) is 18.4 Å². The number of carbonyl (C=O) groups excluding carboxylic acids is 1. The van der Waals surface area contributed by atoms with Gasteiger partial charge >= 0.3 is 0 Å². The van der Waals surface area contributed by atoms with Crippen LogP contribution in [0.25, 0.3) is 21.8 Å². The summed E-state index contributed by atoms with van der Waals surface area (Å²) in [6.07, 6.45) is 1.66. The fourth-order valence-electron chi connectivity index (χ4n) is 3.71. The standard InChI is InChI=1S/C23H22N2O2S/c1-3-25-21-10-5-4-9-19(21)20-14-18(11-12-22(20)25)24-23(26)17-8-6-7-16(13-17)15-28(2)27/h4-14H,3,15H2,1-2H3,(H,24,26). The second-order valence-electron chi connectivity index (χ2n) is 6.87. The topological polar surface area (TPSA) is 51.1 Å². The number of aromatic nitrogens is 1.